The molecule has 3 heterocycles. The predicted octanol–water partition coefficient (Wildman–Crippen LogP) is 5.72. The van der Waals surface area contributed by atoms with Gasteiger partial charge in [0, 0.05) is 45.0 Å². The molecule has 5 nitrogen and oxygen atoms in total. The summed E-state index contributed by atoms with van der Waals surface area (Å²) in [7, 11) is 0. The average molecular weight is 451 g/mol. The summed E-state index contributed by atoms with van der Waals surface area (Å²) in [5.74, 6) is 7.14. The van der Waals surface area contributed by atoms with E-state index in [-0.39, 0.29) is 5.91 Å². The monoisotopic (exact) mass is 450 g/mol. The zero-order chi connectivity index (χ0) is 23.0. The number of aromatic nitrogens is 2. The number of thioether (sulfide) groups is 1. The first kappa shape index (κ1) is 21.0. The highest BCUT2D eigenvalue weighted by Gasteiger charge is 2.38. The van der Waals surface area contributed by atoms with E-state index in [1.165, 1.54) is 4.90 Å². The van der Waals surface area contributed by atoms with Gasteiger partial charge in [0.05, 0.1) is 5.41 Å². The number of nitrogens with one attached hydrogen (secondary N) is 2. The number of nitrogens with zero attached hydrogens (tertiary/aromatic N) is 2. The molecule has 4 aromatic rings. The van der Waals surface area contributed by atoms with Gasteiger partial charge < -0.3 is 10.6 Å². The number of pyridine rings is 2. The van der Waals surface area contributed by atoms with E-state index in [9.17, 15) is 4.79 Å². The van der Waals surface area contributed by atoms with Crippen LogP contribution in [0.4, 0.5) is 17.2 Å². The number of hydrogen-bond acceptors (Lipinski definition) is 5. The zero-order valence-electron chi connectivity index (χ0n) is 18.6. The smallest absolute Gasteiger partial charge is 0.234 e. The van der Waals surface area contributed by atoms with Crippen LogP contribution in [-0.4, -0.2) is 22.1 Å². The predicted molar refractivity (Wildman–Crippen MR) is 135 cm³/mol. The Morgan fingerprint density at radius 3 is 2.61 bits per heavy atom. The van der Waals surface area contributed by atoms with E-state index in [1.807, 2.05) is 62.5 Å². The van der Waals surface area contributed by atoms with Crippen molar-refractivity contribution in [2.24, 2.45) is 0 Å². The van der Waals surface area contributed by atoms with Crippen LogP contribution in [0.25, 0.3) is 10.8 Å². The Labute approximate surface area is 197 Å². The van der Waals surface area contributed by atoms with Gasteiger partial charge in [-0.3, -0.25) is 4.79 Å². The van der Waals surface area contributed by atoms with Crippen molar-refractivity contribution in [1.29, 1.82) is 0 Å². The van der Waals surface area contributed by atoms with Crippen LogP contribution in [0.15, 0.2) is 71.9 Å². The van der Waals surface area contributed by atoms with Crippen molar-refractivity contribution in [1.82, 2.24) is 9.97 Å². The molecule has 1 aliphatic heterocycles. The third kappa shape index (κ3) is 4.04. The first-order chi connectivity index (χ1) is 15.9. The molecule has 6 heteroatoms. The van der Waals surface area contributed by atoms with Gasteiger partial charge in [-0.05, 0) is 80.1 Å². The highest BCUT2D eigenvalue weighted by atomic mass is 32.2. The minimum atomic E-state index is -0.523. The van der Waals surface area contributed by atoms with E-state index in [0.717, 1.165) is 39.1 Å². The second-order valence-electron chi connectivity index (χ2n) is 8.39. The van der Waals surface area contributed by atoms with Gasteiger partial charge in [-0.2, -0.15) is 0 Å². The Morgan fingerprint density at radius 2 is 1.82 bits per heavy atom. The van der Waals surface area contributed by atoms with Crippen molar-refractivity contribution in [2.45, 2.75) is 24.2 Å². The van der Waals surface area contributed by atoms with Crippen molar-refractivity contribution in [3.8, 4) is 11.8 Å². The van der Waals surface area contributed by atoms with Crippen LogP contribution in [0.2, 0.25) is 0 Å². The number of amides is 1. The number of anilines is 3. The minimum absolute atomic E-state index is 0.00828. The second kappa shape index (κ2) is 8.27. The van der Waals surface area contributed by atoms with Gasteiger partial charge in [0.2, 0.25) is 5.91 Å². The number of carbonyl (C=O) groups is 1. The summed E-state index contributed by atoms with van der Waals surface area (Å²) in [6.45, 7) is 3.85. The number of fused-ring (bicyclic) bond motifs is 2. The summed E-state index contributed by atoms with van der Waals surface area (Å²) < 4.78 is 0. The van der Waals surface area contributed by atoms with E-state index in [1.54, 1.807) is 18.0 Å². The SMILES string of the molecule is CSc1ccc(Nc2cc3c(C#Cc4ccc5c(c4)NC(=O)C5(C)C)nccc3cn2)cc1. The maximum absolute atomic E-state index is 12.2. The summed E-state index contributed by atoms with van der Waals surface area (Å²) in [6.07, 6.45) is 5.63. The Hall–Kier alpha value is -3.82. The molecule has 2 N–H and O–H groups in total. The molecule has 1 aliphatic rings. The molecular weight excluding hydrogens is 428 g/mol. The molecule has 0 saturated carbocycles. The van der Waals surface area contributed by atoms with E-state index in [4.69, 9.17) is 0 Å². The summed E-state index contributed by atoms with van der Waals surface area (Å²) >= 11 is 1.71. The van der Waals surface area contributed by atoms with Gasteiger partial charge in [-0.15, -0.1) is 11.8 Å². The summed E-state index contributed by atoms with van der Waals surface area (Å²) in [4.78, 5) is 22.5. The quantitative estimate of drug-likeness (QED) is 0.308. The van der Waals surface area contributed by atoms with Crippen LogP contribution in [0.5, 0.6) is 0 Å². The Kier molecular flexibility index (Phi) is 5.27. The van der Waals surface area contributed by atoms with Crippen LogP contribution < -0.4 is 10.6 Å². The molecule has 0 unspecified atom stereocenters. The van der Waals surface area contributed by atoms with Crippen LogP contribution in [0, 0.1) is 11.8 Å². The molecule has 1 amide bonds. The molecule has 0 aliphatic carbocycles. The second-order valence-corrected chi connectivity index (χ2v) is 9.27. The van der Waals surface area contributed by atoms with Crippen molar-refractivity contribution in [3.05, 3.63) is 83.8 Å². The molecular formula is C27H22N4OS. The lowest BCUT2D eigenvalue weighted by atomic mass is 9.86. The number of benzene rings is 2. The third-order valence-corrected chi connectivity index (χ3v) is 6.59. The zero-order valence-corrected chi connectivity index (χ0v) is 19.4. The third-order valence-electron chi connectivity index (χ3n) is 5.84. The van der Waals surface area contributed by atoms with E-state index in [2.05, 4.69) is 50.8 Å². The number of rotatable bonds is 3. The van der Waals surface area contributed by atoms with Gasteiger partial charge in [-0.25, -0.2) is 9.97 Å². The van der Waals surface area contributed by atoms with Gasteiger partial charge >= 0.3 is 0 Å². The minimum Gasteiger partial charge on any atom is -0.340 e. The van der Waals surface area contributed by atoms with Crippen molar-refractivity contribution in [3.63, 3.8) is 0 Å². The molecule has 5 rings (SSSR count). The van der Waals surface area contributed by atoms with E-state index in [0.29, 0.717) is 5.69 Å². The van der Waals surface area contributed by atoms with Gasteiger partial charge in [-0.1, -0.05) is 12.0 Å². The first-order valence-corrected chi connectivity index (χ1v) is 11.8. The number of carbonyl (C=O) groups excluding carboxylic acids is 1. The lowest BCUT2D eigenvalue weighted by molar-refractivity contribution is -0.119. The molecule has 33 heavy (non-hydrogen) atoms. The Morgan fingerprint density at radius 1 is 1.00 bits per heavy atom. The molecule has 162 valence electrons. The van der Waals surface area contributed by atoms with Gasteiger partial charge in [0.1, 0.15) is 11.5 Å². The number of hydrogen-bond donors (Lipinski definition) is 2. The highest BCUT2D eigenvalue weighted by molar-refractivity contribution is 7.98. The van der Waals surface area contributed by atoms with Crippen LogP contribution in [-0.2, 0) is 10.2 Å². The average Bonchev–Trinajstić information content (AvgIpc) is 3.05. The lowest BCUT2D eigenvalue weighted by Crippen LogP contribution is -2.26. The van der Waals surface area contributed by atoms with Crippen LogP contribution in [0.1, 0.15) is 30.7 Å². The normalized spacial score (nSPS) is 13.7. The summed E-state index contributed by atoms with van der Waals surface area (Å²) in [5.41, 5.74) is 3.77. The van der Waals surface area contributed by atoms with Crippen molar-refractivity contribution in [2.75, 3.05) is 16.9 Å². The maximum atomic E-state index is 12.2. The van der Waals surface area contributed by atoms with Crippen LogP contribution in [0.3, 0.4) is 0 Å². The van der Waals surface area contributed by atoms with Gasteiger partial charge in [0.25, 0.3) is 0 Å². The van der Waals surface area contributed by atoms with Crippen molar-refractivity contribution < 1.29 is 4.79 Å². The van der Waals surface area contributed by atoms with Crippen LogP contribution >= 0.6 is 11.8 Å². The fourth-order valence-electron chi connectivity index (χ4n) is 3.86. The molecule has 2 aromatic carbocycles. The largest absolute Gasteiger partial charge is 0.340 e. The fourth-order valence-corrected chi connectivity index (χ4v) is 4.27. The molecule has 0 radical (unpaired) electrons. The van der Waals surface area contributed by atoms with Crippen molar-refractivity contribution >= 4 is 45.6 Å². The molecule has 0 spiro atoms. The molecule has 2 aromatic heterocycles. The molecule has 0 bridgehead atoms. The Bertz CT molecular complexity index is 1450. The van der Waals surface area contributed by atoms with Gasteiger partial charge in [0.15, 0.2) is 0 Å². The summed E-state index contributed by atoms with van der Waals surface area (Å²) in [6, 6.07) is 18.0. The fraction of sp³-hybridized carbons (Fsp3) is 0.148. The topological polar surface area (TPSA) is 66.9 Å². The molecule has 0 fully saturated rings. The highest BCUT2D eigenvalue weighted by Crippen LogP contribution is 2.37. The standard InChI is InChI=1S/C27H22N4OS/c1-27(2)22-10-4-17(14-24(22)31-26(27)32)5-11-23-21-15-25(29-16-18(21)12-13-28-23)30-19-6-8-20(33-3)9-7-19/h4,6-10,12-16H,1-3H3,(H,29,30)(H,31,32). The Balaban J connectivity index is 1.46. The lowest BCUT2D eigenvalue weighted by Gasteiger charge is -2.14. The molecule has 0 atom stereocenters. The van der Waals surface area contributed by atoms with E-state index < -0.39 is 5.41 Å². The first-order valence-electron chi connectivity index (χ1n) is 10.6. The molecule has 0 saturated heterocycles. The maximum Gasteiger partial charge on any atom is 0.234 e. The summed E-state index contributed by atoms with van der Waals surface area (Å²) in [5, 5.41) is 8.21. The van der Waals surface area contributed by atoms with E-state index >= 15 is 0 Å².